The van der Waals surface area contributed by atoms with E-state index in [-0.39, 0.29) is 13.4 Å². The van der Waals surface area contributed by atoms with E-state index in [1.807, 2.05) is 43.0 Å². The summed E-state index contributed by atoms with van der Waals surface area (Å²) < 4.78 is 5.61. The number of hydrogen-bond acceptors (Lipinski definition) is 3. The Kier molecular flexibility index (Phi) is 3.64. The molecular weight excluding hydrogens is 216 g/mol. The first-order chi connectivity index (χ1) is 8.36. The topological polar surface area (TPSA) is 41.6 Å². The number of piperazine rings is 1. The summed E-state index contributed by atoms with van der Waals surface area (Å²) in [6.45, 7) is 5.81. The van der Waals surface area contributed by atoms with Crippen LogP contribution in [0.3, 0.4) is 0 Å². The number of carbonyl (C=O) groups is 1. The molecule has 1 fully saturated rings. The third kappa shape index (κ3) is 2.13. The Hall–Kier alpha value is -1.55. The average Bonchev–Trinajstić information content (AvgIpc) is 2.41. The summed E-state index contributed by atoms with van der Waals surface area (Å²) in [4.78, 5) is 13.7. The number of anilines is 1. The molecule has 1 saturated heterocycles. The number of hydrogen-bond donors (Lipinski definition) is 1. The molecule has 1 atom stereocenters. The summed E-state index contributed by atoms with van der Waals surface area (Å²) in [5.41, 5.74) is 0.903. The van der Waals surface area contributed by atoms with Crippen molar-refractivity contribution < 1.29 is 11.0 Å². The summed E-state index contributed by atoms with van der Waals surface area (Å²) in [5, 5.41) is 3.09. The molecule has 2 aliphatic rings. The van der Waals surface area contributed by atoms with Crippen molar-refractivity contribution in [1.82, 2.24) is 5.32 Å². The SMILES string of the molecule is CC.O=C1CNCC2COc3ccccc3N12.[HH]. The number of carbonyl (C=O) groups excluding carboxylic acids is 1. The molecule has 0 aromatic heterocycles. The van der Waals surface area contributed by atoms with E-state index in [0.717, 1.165) is 18.0 Å². The van der Waals surface area contributed by atoms with E-state index in [1.165, 1.54) is 0 Å². The van der Waals surface area contributed by atoms with E-state index in [9.17, 15) is 4.79 Å². The normalized spacial score (nSPS) is 21.6. The lowest BCUT2D eigenvalue weighted by atomic mass is 10.1. The van der Waals surface area contributed by atoms with Crippen molar-refractivity contribution in [3.63, 3.8) is 0 Å². The van der Waals surface area contributed by atoms with E-state index in [4.69, 9.17) is 4.74 Å². The van der Waals surface area contributed by atoms with Gasteiger partial charge in [-0.25, -0.2) is 0 Å². The van der Waals surface area contributed by atoms with Crippen LogP contribution in [0.15, 0.2) is 24.3 Å². The van der Waals surface area contributed by atoms with E-state index in [1.54, 1.807) is 0 Å². The monoisotopic (exact) mass is 236 g/mol. The maximum absolute atomic E-state index is 11.8. The van der Waals surface area contributed by atoms with Gasteiger partial charge in [0.1, 0.15) is 12.4 Å². The van der Waals surface area contributed by atoms with E-state index >= 15 is 0 Å². The van der Waals surface area contributed by atoms with Crippen molar-refractivity contribution in [2.75, 3.05) is 24.6 Å². The van der Waals surface area contributed by atoms with Gasteiger partial charge in [-0.3, -0.25) is 4.79 Å². The fourth-order valence-electron chi connectivity index (χ4n) is 2.15. The molecule has 1 aromatic carbocycles. The largest absolute Gasteiger partial charge is 0.489 e. The Morgan fingerprint density at radius 2 is 2.18 bits per heavy atom. The minimum atomic E-state index is 0. The zero-order valence-corrected chi connectivity index (χ0v) is 10.3. The number of rotatable bonds is 0. The third-order valence-corrected chi connectivity index (χ3v) is 2.85. The highest BCUT2D eigenvalue weighted by Crippen LogP contribution is 2.33. The van der Waals surface area contributed by atoms with E-state index < -0.39 is 0 Å². The molecule has 1 aromatic rings. The smallest absolute Gasteiger partial charge is 0.241 e. The molecule has 1 amide bonds. The van der Waals surface area contributed by atoms with Crippen LogP contribution in [0.2, 0.25) is 0 Å². The van der Waals surface area contributed by atoms with Crippen LogP contribution in [-0.2, 0) is 4.79 Å². The second-order valence-corrected chi connectivity index (χ2v) is 3.83. The van der Waals surface area contributed by atoms with E-state index in [0.29, 0.717) is 13.2 Å². The maximum Gasteiger partial charge on any atom is 0.241 e. The molecule has 0 spiro atoms. The number of ether oxygens (including phenoxy) is 1. The van der Waals surface area contributed by atoms with Crippen LogP contribution < -0.4 is 15.0 Å². The van der Waals surface area contributed by atoms with Crippen LogP contribution in [0, 0.1) is 0 Å². The Balaban J connectivity index is 0.000000516. The third-order valence-electron chi connectivity index (χ3n) is 2.85. The van der Waals surface area contributed by atoms with Crippen molar-refractivity contribution in [3.8, 4) is 5.75 Å². The Morgan fingerprint density at radius 3 is 3.00 bits per heavy atom. The van der Waals surface area contributed by atoms with Crippen molar-refractivity contribution in [3.05, 3.63) is 24.3 Å². The van der Waals surface area contributed by atoms with Crippen molar-refractivity contribution in [2.45, 2.75) is 19.9 Å². The number of amides is 1. The lowest BCUT2D eigenvalue weighted by molar-refractivity contribution is -0.119. The Morgan fingerprint density at radius 1 is 1.41 bits per heavy atom. The zero-order chi connectivity index (χ0) is 12.3. The van der Waals surface area contributed by atoms with E-state index in [2.05, 4.69) is 5.32 Å². The van der Waals surface area contributed by atoms with Crippen LogP contribution >= 0.6 is 0 Å². The second-order valence-electron chi connectivity index (χ2n) is 3.83. The predicted octanol–water partition coefficient (Wildman–Crippen LogP) is 1.66. The highest BCUT2D eigenvalue weighted by molar-refractivity contribution is 5.98. The summed E-state index contributed by atoms with van der Waals surface area (Å²) >= 11 is 0. The molecule has 4 heteroatoms. The van der Waals surface area contributed by atoms with Gasteiger partial charge in [0.05, 0.1) is 18.3 Å². The van der Waals surface area contributed by atoms with Crippen LogP contribution in [0.25, 0.3) is 0 Å². The molecule has 1 N–H and O–H groups in total. The van der Waals surface area contributed by atoms with Crippen molar-refractivity contribution in [1.29, 1.82) is 0 Å². The lowest BCUT2D eigenvalue weighted by Crippen LogP contribution is -2.58. The molecule has 0 radical (unpaired) electrons. The quantitative estimate of drug-likeness (QED) is 0.745. The second kappa shape index (κ2) is 5.19. The standard InChI is InChI=1S/C11H12N2O2.C2H6.H2/c14-11-6-12-5-8-7-15-10-4-2-1-3-9(10)13(8)11;1-2;/h1-4,8,12H,5-7H2;1-2H3;1H. The summed E-state index contributed by atoms with van der Waals surface area (Å²) in [6, 6.07) is 7.83. The Bertz CT molecular complexity index is 412. The molecular formula is C13H20N2O2. The van der Waals surface area contributed by atoms with Gasteiger partial charge in [0, 0.05) is 7.97 Å². The molecule has 94 valence electrons. The first-order valence-corrected chi connectivity index (χ1v) is 6.11. The van der Waals surface area contributed by atoms with Gasteiger partial charge in [0.15, 0.2) is 0 Å². The molecule has 2 aliphatic heterocycles. The zero-order valence-electron chi connectivity index (χ0n) is 10.3. The number of fused-ring (bicyclic) bond motifs is 3. The van der Waals surface area contributed by atoms with Gasteiger partial charge in [-0.15, -0.1) is 0 Å². The van der Waals surface area contributed by atoms with Gasteiger partial charge in [-0.1, -0.05) is 26.0 Å². The minimum absolute atomic E-state index is 0. The minimum Gasteiger partial charge on any atom is -0.489 e. The first-order valence-electron chi connectivity index (χ1n) is 6.11. The molecule has 17 heavy (non-hydrogen) atoms. The number of benzene rings is 1. The van der Waals surface area contributed by atoms with Gasteiger partial charge in [-0.05, 0) is 12.1 Å². The highest BCUT2D eigenvalue weighted by atomic mass is 16.5. The lowest BCUT2D eigenvalue weighted by Gasteiger charge is -2.40. The number of nitrogens with one attached hydrogen (secondary N) is 1. The fourth-order valence-corrected chi connectivity index (χ4v) is 2.15. The van der Waals surface area contributed by atoms with Crippen LogP contribution in [0.1, 0.15) is 15.3 Å². The first kappa shape index (κ1) is 11.9. The molecule has 3 rings (SSSR count). The average molecular weight is 236 g/mol. The van der Waals surface area contributed by atoms with Crippen LogP contribution in [-0.4, -0.2) is 31.6 Å². The molecule has 4 nitrogen and oxygen atoms in total. The van der Waals surface area contributed by atoms with Crippen molar-refractivity contribution >= 4 is 11.6 Å². The molecule has 2 heterocycles. The van der Waals surface area contributed by atoms with Gasteiger partial charge < -0.3 is 15.0 Å². The highest BCUT2D eigenvalue weighted by Gasteiger charge is 2.34. The number of nitrogens with zero attached hydrogens (tertiary/aromatic N) is 1. The fraction of sp³-hybridized carbons (Fsp3) is 0.462. The van der Waals surface area contributed by atoms with Gasteiger partial charge in [-0.2, -0.15) is 0 Å². The molecule has 0 saturated carbocycles. The molecule has 1 unspecified atom stereocenters. The van der Waals surface area contributed by atoms with Gasteiger partial charge >= 0.3 is 0 Å². The summed E-state index contributed by atoms with van der Waals surface area (Å²) in [7, 11) is 0. The summed E-state index contributed by atoms with van der Waals surface area (Å²) in [5.74, 6) is 0.936. The molecule has 0 bridgehead atoms. The molecule has 0 aliphatic carbocycles. The Labute approximate surface area is 103 Å². The van der Waals surface area contributed by atoms with Crippen LogP contribution in [0.4, 0.5) is 5.69 Å². The number of para-hydroxylation sites is 2. The summed E-state index contributed by atoms with van der Waals surface area (Å²) in [6.07, 6.45) is 0. The van der Waals surface area contributed by atoms with Crippen molar-refractivity contribution in [2.24, 2.45) is 0 Å². The van der Waals surface area contributed by atoms with Gasteiger partial charge in [0.25, 0.3) is 0 Å². The maximum atomic E-state index is 11.8. The van der Waals surface area contributed by atoms with Crippen LogP contribution in [0.5, 0.6) is 5.75 Å². The van der Waals surface area contributed by atoms with Gasteiger partial charge in [0.2, 0.25) is 5.91 Å². The predicted molar refractivity (Wildman–Crippen MR) is 69.5 cm³/mol.